The Labute approximate surface area is 181 Å². The van der Waals surface area contributed by atoms with Crippen molar-refractivity contribution in [2.24, 2.45) is 0 Å². The van der Waals surface area contributed by atoms with E-state index in [2.05, 4.69) is 5.32 Å². The van der Waals surface area contributed by atoms with Crippen LogP contribution in [-0.4, -0.2) is 19.4 Å². The second-order valence-corrected chi connectivity index (χ2v) is 9.41. The van der Waals surface area contributed by atoms with Crippen molar-refractivity contribution in [2.75, 3.05) is 7.05 Å². The number of hydrogen-bond acceptors (Lipinski definition) is 3. The molecular formula is C21H17ClF4N2O2S. The molecule has 0 bridgehead atoms. The lowest BCUT2D eigenvalue weighted by Crippen LogP contribution is -2.17. The summed E-state index contributed by atoms with van der Waals surface area (Å²) in [6.45, 7) is 0. The third-order valence-corrected chi connectivity index (χ3v) is 7.58. The van der Waals surface area contributed by atoms with Gasteiger partial charge >= 0.3 is 6.18 Å². The maximum Gasteiger partial charge on any atom is 0.416 e. The molecule has 1 unspecified atom stereocenters. The normalized spacial score (nSPS) is 16.5. The van der Waals surface area contributed by atoms with E-state index in [9.17, 15) is 26.0 Å². The molecule has 4 nitrogen and oxygen atoms in total. The van der Waals surface area contributed by atoms with E-state index in [0.29, 0.717) is 36.1 Å². The van der Waals surface area contributed by atoms with Gasteiger partial charge in [-0.25, -0.2) is 16.8 Å². The van der Waals surface area contributed by atoms with Crippen LogP contribution in [0.25, 0.3) is 11.3 Å². The van der Waals surface area contributed by atoms with Crippen molar-refractivity contribution in [3.63, 3.8) is 0 Å². The first kappa shape index (κ1) is 21.9. The molecule has 0 radical (unpaired) electrons. The average molecular weight is 473 g/mol. The Bertz CT molecular complexity index is 1270. The van der Waals surface area contributed by atoms with E-state index in [1.54, 1.807) is 13.1 Å². The summed E-state index contributed by atoms with van der Waals surface area (Å²) in [4.78, 5) is -0.698. The third kappa shape index (κ3) is 3.64. The van der Waals surface area contributed by atoms with E-state index in [1.807, 2.05) is 0 Å². The first-order valence-electron chi connectivity index (χ1n) is 9.34. The summed E-state index contributed by atoms with van der Waals surface area (Å²) in [5.41, 5.74) is 0.297. The summed E-state index contributed by atoms with van der Waals surface area (Å²) in [5.74, 6) is -0.636. The van der Waals surface area contributed by atoms with Crippen LogP contribution < -0.4 is 5.32 Å². The minimum Gasteiger partial charge on any atom is -0.313 e. The second kappa shape index (κ2) is 7.65. The van der Waals surface area contributed by atoms with Crippen LogP contribution in [-0.2, 0) is 22.6 Å². The summed E-state index contributed by atoms with van der Waals surface area (Å²) in [6, 6.07) is 7.64. The fourth-order valence-electron chi connectivity index (χ4n) is 3.95. The van der Waals surface area contributed by atoms with E-state index < -0.39 is 32.5 Å². The fourth-order valence-corrected chi connectivity index (χ4v) is 5.87. The van der Waals surface area contributed by atoms with Gasteiger partial charge in [-0.05, 0) is 61.3 Å². The summed E-state index contributed by atoms with van der Waals surface area (Å²) < 4.78 is 82.2. The predicted molar refractivity (Wildman–Crippen MR) is 109 cm³/mol. The molecule has 4 rings (SSSR count). The largest absolute Gasteiger partial charge is 0.416 e. The van der Waals surface area contributed by atoms with Gasteiger partial charge in [-0.15, -0.1) is 0 Å². The Morgan fingerprint density at radius 1 is 1.16 bits per heavy atom. The van der Waals surface area contributed by atoms with Crippen LogP contribution in [0, 0.1) is 5.82 Å². The maximum atomic E-state index is 14.7. The van der Waals surface area contributed by atoms with Crippen LogP contribution in [0.15, 0.2) is 53.6 Å². The zero-order valence-electron chi connectivity index (χ0n) is 16.2. The van der Waals surface area contributed by atoms with Crippen molar-refractivity contribution in [1.29, 1.82) is 0 Å². The molecule has 1 N–H and O–H groups in total. The molecule has 1 aliphatic carbocycles. The van der Waals surface area contributed by atoms with Gasteiger partial charge in [-0.1, -0.05) is 23.7 Å². The lowest BCUT2D eigenvalue weighted by molar-refractivity contribution is -0.137. The molecule has 0 aliphatic heterocycles. The highest BCUT2D eigenvalue weighted by Crippen LogP contribution is 2.42. The van der Waals surface area contributed by atoms with E-state index >= 15 is 0 Å². The molecule has 1 aromatic heterocycles. The van der Waals surface area contributed by atoms with Crippen molar-refractivity contribution >= 4 is 21.6 Å². The monoisotopic (exact) mass is 472 g/mol. The van der Waals surface area contributed by atoms with Crippen LogP contribution in [0.1, 0.15) is 29.2 Å². The van der Waals surface area contributed by atoms with Crippen LogP contribution in [0.3, 0.4) is 0 Å². The molecule has 0 saturated heterocycles. The topological polar surface area (TPSA) is 51.1 Å². The first-order chi connectivity index (χ1) is 14.6. The zero-order chi connectivity index (χ0) is 22.6. The van der Waals surface area contributed by atoms with Crippen molar-refractivity contribution in [1.82, 2.24) is 9.29 Å². The molecule has 10 heteroatoms. The van der Waals surface area contributed by atoms with E-state index in [1.165, 1.54) is 24.4 Å². The van der Waals surface area contributed by atoms with Crippen molar-refractivity contribution in [3.8, 4) is 11.3 Å². The molecule has 0 saturated carbocycles. The Kier molecular flexibility index (Phi) is 5.39. The molecular weight excluding hydrogens is 456 g/mol. The van der Waals surface area contributed by atoms with Gasteiger partial charge in [0.1, 0.15) is 10.7 Å². The molecule has 2 aromatic carbocycles. The molecule has 0 amide bonds. The van der Waals surface area contributed by atoms with Gasteiger partial charge in [0.05, 0.1) is 16.3 Å². The van der Waals surface area contributed by atoms with Crippen molar-refractivity contribution in [2.45, 2.75) is 30.0 Å². The molecule has 0 fully saturated rings. The highest BCUT2D eigenvalue weighted by Gasteiger charge is 2.36. The number of nitrogens with zero attached hydrogens (tertiary/aromatic N) is 1. The van der Waals surface area contributed by atoms with Gasteiger partial charge < -0.3 is 5.32 Å². The summed E-state index contributed by atoms with van der Waals surface area (Å²) in [6.07, 6.45) is -2.23. The minimum atomic E-state index is -4.75. The highest BCUT2D eigenvalue weighted by atomic mass is 35.5. The minimum absolute atomic E-state index is 0.0483. The zero-order valence-corrected chi connectivity index (χ0v) is 17.7. The van der Waals surface area contributed by atoms with Crippen LogP contribution in [0.5, 0.6) is 0 Å². The number of hydrogen-bond donors (Lipinski definition) is 1. The Morgan fingerprint density at radius 2 is 1.87 bits per heavy atom. The lowest BCUT2D eigenvalue weighted by Gasteiger charge is -2.16. The lowest BCUT2D eigenvalue weighted by atomic mass is 10.1. The SMILES string of the molecule is CNC1CCc2c1cn(S(=O)(=O)c1cc(C(F)(F)F)ccc1Cl)c2-c1ccccc1F. The smallest absolute Gasteiger partial charge is 0.313 e. The fraction of sp³-hybridized carbons (Fsp3) is 0.238. The molecule has 0 spiro atoms. The van der Waals surface area contributed by atoms with Gasteiger partial charge in [0.25, 0.3) is 10.0 Å². The standard InChI is InChI=1S/C21H17ClF4N2O2S/c1-27-18-9-7-13-15(18)11-28(20(13)14-4-2-3-5-17(14)23)31(29,30)19-10-12(21(24,25)26)6-8-16(19)22/h2-6,8,10-11,18,27H,7,9H2,1H3. The number of alkyl halides is 3. The number of nitrogens with one attached hydrogen (secondary N) is 1. The number of halogens is 5. The van der Waals surface area contributed by atoms with Crippen molar-refractivity contribution in [3.05, 3.63) is 76.2 Å². The maximum absolute atomic E-state index is 14.7. The van der Waals surface area contributed by atoms with E-state index in [-0.39, 0.29) is 22.3 Å². The summed E-state index contributed by atoms with van der Waals surface area (Å²) >= 11 is 6.01. The summed E-state index contributed by atoms with van der Waals surface area (Å²) in [7, 11) is -2.85. The van der Waals surface area contributed by atoms with E-state index in [4.69, 9.17) is 11.6 Å². The predicted octanol–water partition coefficient (Wildman–Crippen LogP) is 5.41. The van der Waals surface area contributed by atoms with Crippen molar-refractivity contribution < 1.29 is 26.0 Å². The van der Waals surface area contributed by atoms with Crippen LogP contribution in [0.2, 0.25) is 5.02 Å². The molecule has 31 heavy (non-hydrogen) atoms. The Balaban J connectivity index is 2.00. The Hall–Kier alpha value is -2.36. The van der Waals surface area contributed by atoms with E-state index in [0.717, 1.165) is 10.0 Å². The number of fused-ring (bicyclic) bond motifs is 1. The number of aromatic nitrogens is 1. The van der Waals surface area contributed by atoms with Gasteiger partial charge in [-0.2, -0.15) is 13.2 Å². The van der Waals surface area contributed by atoms with Crippen LogP contribution in [0.4, 0.5) is 17.6 Å². The molecule has 164 valence electrons. The van der Waals surface area contributed by atoms with Gasteiger partial charge in [0.15, 0.2) is 0 Å². The molecule has 1 aliphatic rings. The highest BCUT2D eigenvalue weighted by molar-refractivity contribution is 7.90. The van der Waals surface area contributed by atoms with Crippen LogP contribution >= 0.6 is 11.6 Å². The molecule has 3 aromatic rings. The Morgan fingerprint density at radius 3 is 2.52 bits per heavy atom. The molecule has 1 atom stereocenters. The molecule has 1 heterocycles. The number of rotatable bonds is 4. The second-order valence-electron chi connectivity index (χ2n) is 7.22. The van der Waals surface area contributed by atoms with Gasteiger partial charge in [0, 0.05) is 17.8 Å². The third-order valence-electron chi connectivity index (χ3n) is 5.44. The van der Waals surface area contributed by atoms with Gasteiger partial charge in [0.2, 0.25) is 0 Å². The summed E-state index contributed by atoms with van der Waals surface area (Å²) in [5, 5.41) is 2.73. The average Bonchev–Trinajstić information content (AvgIpc) is 3.27. The quantitative estimate of drug-likeness (QED) is 0.516. The van der Waals surface area contributed by atoms with Gasteiger partial charge in [-0.3, -0.25) is 0 Å². The first-order valence-corrected chi connectivity index (χ1v) is 11.2. The number of benzene rings is 2.